The predicted octanol–water partition coefficient (Wildman–Crippen LogP) is 3.74. The Morgan fingerprint density at radius 3 is 2.53 bits per heavy atom. The number of aryl methyl sites for hydroxylation is 1. The van der Waals surface area contributed by atoms with E-state index in [0.29, 0.717) is 43.1 Å². The summed E-state index contributed by atoms with van der Waals surface area (Å²) in [6, 6.07) is 7.13. The van der Waals surface area contributed by atoms with E-state index in [4.69, 9.17) is 21.1 Å². The van der Waals surface area contributed by atoms with Crippen LogP contribution in [-0.4, -0.2) is 60.4 Å². The Labute approximate surface area is 216 Å². The molecule has 1 saturated heterocycles. The fraction of sp³-hybridized carbons (Fsp3) is 0.440. The first kappa shape index (κ1) is 28.9. The van der Waals surface area contributed by atoms with Crippen molar-refractivity contribution in [3.05, 3.63) is 45.8 Å². The van der Waals surface area contributed by atoms with Crippen molar-refractivity contribution in [3.8, 4) is 5.75 Å². The number of nitrogens with one attached hydrogen (secondary N) is 2. The molecule has 2 N–H and O–H groups in total. The SMILES string of the molecule is CC.CC.CNC(=O)COc1cc2cc(Nc3nc(N4CCOCC4)ncc3Cl)ccc2n(C)c1=O. The van der Waals surface area contributed by atoms with E-state index in [1.165, 1.54) is 11.6 Å². The van der Waals surface area contributed by atoms with Gasteiger partial charge in [-0.15, -0.1) is 0 Å². The van der Waals surface area contributed by atoms with Crippen molar-refractivity contribution in [2.24, 2.45) is 7.05 Å². The number of fused-ring (bicyclic) bond motifs is 1. The first-order valence-electron chi connectivity index (χ1n) is 12.1. The van der Waals surface area contributed by atoms with Gasteiger partial charge in [-0.25, -0.2) is 4.98 Å². The molecular formula is C25H35ClN6O4. The van der Waals surface area contributed by atoms with Crippen molar-refractivity contribution in [1.29, 1.82) is 0 Å². The van der Waals surface area contributed by atoms with E-state index < -0.39 is 0 Å². The maximum Gasteiger partial charge on any atom is 0.293 e. The van der Waals surface area contributed by atoms with E-state index in [9.17, 15) is 9.59 Å². The molecule has 0 unspecified atom stereocenters. The molecule has 2 aromatic heterocycles. The summed E-state index contributed by atoms with van der Waals surface area (Å²) in [6.45, 7) is 10.4. The summed E-state index contributed by atoms with van der Waals surface area (Å²) in [5.74, 6) is 0.823. The van der Waals surface area contributed by atoms with Gasteiger partial charge in [-0.3, -0.25) is 9.59 Å². The molecule has 0 aliphatic carbocycles. The largest absolute Gasteiger partial charge is 0.478 e. The number of carbonyl (C=O) groups is 1. The van der Waals surface area contributed by atoms with Gasteiger partial charge in [0.25, 0.3) is 11.5 Å². The summed E-state index contributed by atoms with van der Waals surface area (Å²) >= 11 is 6.33. The summed E-state index contributed by atoms with van der Waals surface area (Å²) in [6.07, 6.45) is 1.57. The molecule has 1 aliphatic heterocycles. The average Bonchev–Trinajstić information content (AvgIpc) is 2.93. The fourth-order valence-corrected chi connectivity index (χ4v) is 3.49. The lowest BCUT2D eigenvalue weighted by atomic mass is 10.2. The van der Waals surface area contributed by atoms with Crippen LogP contribution in [0.1, 0.15) is 27.7 Å². The van der Waals surface area contributed by atoms with Gasteiger partial charge in [-0.2, -0.15) is 4.98 Å². The minimum atomic E-state index is -0.323. The Kier molecular flexibility index (Phi) is 11.4. The summed E-state index contributed by atoms with van der Waals surface area (Å²) in [5, 5.41) is 6.82. The fourth-order valence-electron chi connectivity index (χ4n) is 3.35. The molecule has 0 radical (unpaired) electrons. The van der Waals surface area contributed by atoms with Gasteiger partial charge in [-0.1, -0.05) is 39.3 Å². The van der Waals surface area contributed by atoms with Crippen LogP contribution in [0.5, 0.6) is 5.75 Å². The molecule has 1 amide bonds. The van der Waals surface area contributed by atoms with Crippen LogP contribution in [0.25, 0.3) is 10.9 Å². The zero-order valence-corrected chi connectivity index (χ0v) is 22.5. The number of carbonyl (C=O) groups excluding carboxylic acids is 1. The third kappa shape index (κ3) is 7.08. The van der Waals surface area contributed by atoms with Gasteiger partial charge in [0.15, 0.2) is 18.2 Å². The molecule has 36 heavy (non-hydrogen) atoms. The second-order valence-corrected chi connectivity index (χ2v) is 7.61. The normalized spacial score (nSPS) is 12.6. The molecule has 1 aliphatic rings. The molecule has 1 fully saturated rings. The number of likely N-dealkylation sites (N-methyl/N-ethyl adjacent to an activating group) is 1. The van der Waals surface area contributed by atoms with Crippen LogP contribution in [0.4, 0.5) is 17.5 Å². The lowest BCUT2D eigenvalue weighted by Crippen LogP contribution is -2.37. The van der Waals surface area contributed by atoms with Crippen LogP contribution >= 0.6 is 11.6 Å². The van der Waals surface area contributed by atoms with Crippen LogP contribution in [0.3, 0.4) is 0 Å². The monoisotopic (exact) mass is 518 g/mol. The highest BCUT2D eigenvalue weighted by atomic mass is 35.5. The number of nitrogens with zero attached hydrogens (tertiary/aromatic N) is 4. The highest BCUT2D eigenvalue weighted by molar-refractivity contribution is 6.32. The summed E-state index contributed by atoms with van der Waals surface area (Å²) in [7, 11) is 3.16. The second-order valence-electron chi connectivity index (χ2n) is 7.20. The highest BCUT2D eigenvalue weighted by Crippen LogP contribution is 2.27. The van der Waals surface area contributed by atoms with Crippen molar-refractivity contribution in [2.45, 2.75) is 27.7 Å². The standard InChI is InChI=1S/C21H23ClN6O4.2C2H6/c1-23-18(29)12-32-17-10-13-9-14(3-4-16(13)27(2)20(17)30)25-19-15(22)11-24-21(26-19)28-5-7-31-8-6-28;2*1-2/h3-4,9-11H,5-8,12H2,1-2H3,(H,23,29)(H,24,25,26);2*1-2H3. The summed E-state index contributed by atoms with van der Waals surface area (Å²) in [4.78, 5) is 35.0. The van der Waals surface area contributed by atoms with Gasteiger partial charge in [0.05, 0.1) is 24.9 Å². The molecule has 3 aromatic rings. The molecule has 0 spiro atoms. The number of halogens is 1. The maximum atomic E-state index is 12.5. The first-order chi connectivity index (χ1) is 17.5. The number of anilines is 3. The number of aromatic nitrogens is 3. The number of ether oxygens (including phenoxy) is 2. The Hall–Kier alpha value is -3.37. The predicted molar refractivity (Wildman–Crippen MR) is 145 cm³/mol. The third-order valence-corrected chi connectivity index (χ3v) is 5.39. The zero-order chi connectivity index (χ0) is 26.7. The van der Waals surface area contributed by atoms with E-state index in [0.717, 1.165) is 16.6 Å². The second kappa shape index (κ2) is 14.3. The van der Waals surface area contributed by atoms with Crippen LogP contribution in [0, 0.1) is 0 Å². The molecule has 1 aromatic carbocycles. The first-order valence-corrected chi connectivity index (χ1v) is 12.4. The topological polar surface area (TPSA) is 111 Å². The van der Waals surface area contributed by atoms with Gasteiger partial charge in [0, 0.05) is 38.3 Å². The van der Waals surface area contributed by atoms with Crippen molar-refractivity contribution >= 4 is 45.9 Å². The summed E-state index contributed by atoms with van der Waals surface area (Å²) in [5.41, 5.74) is 1.12. The van der Waals surface area contributed by atoms with E-state index in [2.05, 4.69) is 20.6 Å². The van der Waals surface area contributed by atoms with Gasteiger partial charge in [-0.05, 0) is 24.3 Å². The highest BCUT2D eigenvalue weighted by Gasteiger charge is 2.16. The molecule has 196 valence electrons. The summed E-state index contributed by atoms with van der Waals surface area (Å²) < 4.78 is 12.3. The number of rotatable bonds is 6. The molecule has 11 heteroatoms. The van der Waals surface area contributed by atoms with E-state index in [-0.39, 0.29) is 23.8 Å². The molecule has 0 saturated carbocycles. The van der Waals surface area contributed by atoms with Crippen molar-refractivity contribution < 1.29 is 14.3 Å². The van der Waals surface area contributed by atoms with Crippen LogP contribution in [0.2, 0.25) is 5.02 Å². The smallest absolute Gasteiger partial charge is 0.293 e. The van der Waals surface area contributed by atoms with Gasteiger partial charge < -0.3 is 29.6 Å². The average molecular weight is 519 g/mol. The van der Waals surface area contributed by atoms with Crippen LogP contribution < -0.4 is 25.8 Å². The van der Waals surface area contributed by atoms with Crippen LogP contribution in [-0.2, 0) is 16.6 Å². The Bertz CT molecular complexity index is 1210. The number of morpholine rings is 1. The molecule has 3 heterocycles. The van der Waals surface area contributed by atoms with Gasteiger partial charge in [0.1, 0.15) is 5.02 Å². The quantitative estimate of drug-likeness (QED) is 0.507. The van der Waals surface area contributed by atoms with Crippen molar-refractivity contribution in [1.82, 2.24) is 19.9 Å². The Balaban J connectivity index is 0.00000109. The molecule has 0 atom stereocenters. The van der Waals surface area contributed by atoms with Gasteiger partial charge >= 0.3 is 0 Å². The zero-order valence-electron chi connectivity index (χ0n) is 21.7. The molecular weight excluding hydrogens is 484 g/mol. The lowest BCUT2D eigenvalue weighted by molar-refractivity contribution is -0.122. The number of amides is 1. The minimum absolute atomic E-state index is 0.0930. The van der Waals surface area contributed by atoms with E-state index >= 15 is 0 Å². The van der Waals surface area contributed by atoms with Crippen molar-refractivity contribution in [2.75, 3.05) is 50.2 Å². The number of benzene rings is 1. The third-order valence-electron chi connectivity index (χ3n) is 5.12. The number of hydrogen-bond acceptors (Lipinski definition) is 8. The lowest BCUT2D eigenvalue weighted by Gasteiger charge is -2.27. The van der Waals surface area contributed by atoms with Crippen molar-refractivity contribution in [3.63, 3.8) is 0 Å². The minimum Gasteiger partial charge on any atom is -0.478 e. The molecule has 4 rings (SSSR count). The number of hydrogen-bond donors (Lipinski definition) is 2. The Morgan fingerprint density at radius 1 is 1.17 bits per heavy atom. The molecule has 10 nitrogen and oxygen atoms in total. The molecule has 0 bridgehead atoms. The van der Waals surface area contributed by atoms with E-state index in [1.807, 2.05) is 50.8 Å². The van der Waals surface area contributed by atoms with Crippen LogP contribution in [0.15, 0.2) is 35.3 Å². The maximum absolute atomic E-state index is 12.5. The van der Waals surface area contributed by atoms with E-state index in [1.54, 1.807) is 19.3 Å². The Morgan fingerprint density at radius 2 is 1.86 bits per heavy atom. The van der Waals surface area contributed by atoms with Gasteiger partial charge in [0.2, 0.25) is 5.95 Å². The number of pyridine rings is 1.